The van der Waals surface area contributed by atoms with Gasteiger partial charge in [0.2, 0.25) is 0 Å². The maximum atomic E-state index is 5.44. The van der Waals surface area contributed by atoms with E-state index in [0.29, 0.717) is 6.04 Å². The summed E-state index contributed by atoms with van der Waals surface area (Å²) in [4.78, 5) is 0. The Balaban J connectivity index is 3.25. The maximum Gasteiger partial charge on any atom is 0.0414 e. The molecule has 15 heavy (non-hydrogen) atoms. The Hall–Kier alpha value is -0.340. The molecule has 1 unspecified atom stereocenters. The fourth-order valence-corrected chi connectivity index (χ4v) is 1.78. The minimum Gasteiger partial charge on any atom is -0.271 e. The normalized spacial score (nSPS) is 12.7. The van der Waals surface area contributed by atoms with Gasteiger partial charge in [0.15, 0.2) is 0 Å². The smallest absolute Gasteiger partial charge is 0.0414 e. The van der Waals surface area contributed by atoms with E-state index in [0.717, 1.165) is 12.0 Å². The number of hydrogen-bond donors (Lipinski definition) is 2. The van der Waals surface area contributed by atoms with Crippen molar-refractivity contribution in [1.82, 2.24) is 5.43 Å². The number of nitrogens with one attached hydrogen (secondary N) is 1. The van der Waals surface area contributed by atoms with Gasteiger partial charge in [-0.2, -0.15) is 0 Å². The molecule has 2 nitrogen and oxygen atoms in total. The molecule has 0 saturated heterocycles. The first-order valence-corrected chi connectivity index (χ1v) is 6.33. The first kappa shape index (κ1) is 14.7. The second kappa shape index (κ2) is 10.2. The molecular weight excluding hydrogens is 184 g/mol. The molecule has 0 heterocycles. The van der Waals surface area contributed by atoms with Gasteiger partial charge in [0.1, 0.15) is 0 Å². The molecular formula is C13H28N2. The summed E-state index contributed by atoms with van der Waals surface area (Å²) in [6.07, 6.45) is 10.6. The third kappa shape index (κ3) is 8.64. The second-order valence-corrected chi connectivity index (χ2v) is 4.48. The van der Waals surface area contributed by atoms with Gasteiger partial charge in [0.05, 0.1) is 0 Å². The molecule has 0 aromatic heterocycles. The van der Waals surface area contributed by atoms with Crippen molar-refractivity contribution in [3.63, 3.8) is 0 Å². The molecule has 0 aromatic carbocycles. The molecule has 0 aliphatic carbocycles. The standard InChI is InChI=1S/C13H28N2/c1-4-5-6-7-8-9-10-11-13(15-14)12(2)3/h13,15H,2,4-11,14H2,1,3H3. The summed E-state index contributed by atoms with van der Waals surface area (Å²) < 4.78 is 0. The van der Waals surface area contributed by atoms with Crippen molar-refractivity contribution in [3.05, 3.63) is 12.2 Å². The number of unbranched alkanes of at least 4 members (excludes halogenated alkanes) is 6. The van der Waals surface area contributed by atoms with Gasteiger partial charge in [-0.15, -0.1) is 0 Å². The molecule has 0 aliphatic rings. The van der Waals surface area contributed by atoms with Crippen LogP contribution in [-0.4, -0.2) is 6.04 Å². The van der Waals surface area contributed by atoms with E-state index in [1.165, 1.54) is 44.9 Å². The van der Waals surface area contributed by atoms with Crippen molar-refractivity contribution in [2.75, 3.05) is 0 Å². The van der Waals surface area contributed by atoms with E-state index in [1.54, 1.807) is 0 Å². The predicted molar refractivity (Wildman–Crippen MR) is 68.5 cm³/mol. The molecule has 0 spiro atoms. The molecule has 0 fully saturated rings. The van der Waals surface area contributed by atoms with Crippen molar-refractivity contribution in [2.24, 2.45) is 5.84 Å². The van der Waals surface area contributed by atoms with Crippen LogP contribution >= 0.6 is 0 Å². The summed E-state index contributed by atoms with van der Waals surface area (Å²) in [5, 5.41) is 0. The van der Waals surface area contributed by atoms with E-state index in [2.05, 4.69) is 18.9 Å². The molecule has 0 aromatic rings. The van der Waals surface area contributed by atoms with Crippen molar-refractivity contribution in [1.29, 1.82) is 0 Å². The lowest BCUT2D eigenvalue weighted by atomic mass is 10.0. The van der Waals surface area contributed by atoms with Gasteiger partial charge in [0, 0.05) is 6.04 Å². The first-order chi connectivity index (χ1) is 7.22. The van der Waals surface area contributed by atoms with Crippen LogP contribution in [0.4, 0.5) is 0 Å². The molecule has 0 radical (unpaired) electrons. The van der Waals surface area contributed by atoms with E-state index in [-0.39, 0.29) is 0 Å². The molecule has 3 N–H and O–H groups in total. The summed E-state index contributed by atoms with van der Waals surface area (Å²) in [5.41, 5.74) is 3.96. The van der Waals surface area contributed by atoms with Crippen molar-refractivity contribution >= 4 is 0 Å². The van der Waals surface area contributed by atoms with Gasteiger partial charge in [-0.1, -0.05) is 64.0 Å². The zero-order valence-electron chi connectivity index (χ0n) is 10.5. The fourth-order valence-electron chi connectivity index (χ4n) is 1.78. The van der Waals surface area contributed by atoms with E-state index >= 15 is 0 Å². The zero-order valence-corrected chi connectivity index (χ0v) is 10.5. The molecule has 0 aliphatic heterocycles. The number of rotatable bonds is 10. The largest absolute Gasteiger partial charge is 0.271 e. The van der Waals surface area contributed by atoms with Crippen molar-refractivity contribution in [3.8, 4) is 0 Å². The van der Waals surface area contributed by atoms with E-state index in [1.807, 2.05) is 6.92 Å². The predicted octanol–water partition coefficient (Wildman–Crippen LogP) is 3.54. The van der Waals surface area contributed by atoms with E-state index in [9.17, 15) is 0 Å². The quantitative estimate of drug-likeness (QED) is 0.251. The van der Waals surface area contributed by atoms with Crippen LogP contribution in [-0.2, 0) is 0 Å². The summed E-state index contributed by atoms with van der Waals surface area (Å²) in [6, 6.07) is 0.306. The van der Waals surface area contributed by atoms with Crippen LogP contribution in [0.15, 0.2) is 12.2 Å². The molecule has 0 rings (SSSR count). The van der Waals surface area contributed by atoms with Gasteiger partial charge in [-0.25, -0.2) is 0 Å². The van der Waals surface area contributed by atoms with E-state index < -0.39 is 0 Å². The van der Waals surface area contributed by atoms with Gasteiger partial charge < -0.3 is 0 Å². The van der Waals surface area contributed by atoms with Crippen molar-refractivity contribution < 1.29 is 0 Å². The zero-order chi connectivity index (χ0) is 11.5. The van der Waals surface area contributed by atoms with Crippen LogP contribution in [0.2, 0.25) is 0 Å². The summed E-state index contributed by atoms with van der Waals surface area (Å²) in [7, 11) is 0. The van der Waals surface area contributed by atoms with Crippen LogP contribution < -0.4 is 11.3 Å². The third-order valence-electron chi connectivity index (χ3n) is 2.89. The summed E-state index contributed by atoms with van der Waals surface area (Å²) in [6.45, 7) is 8.21. The highest BCUT2D eigenvalue weighted by Gasteiger charge is 2.05. The lowest BCUT2D eigenvalue weighted by Crippen LogP contribution is -2.35. The average Bonchev–Trinajstić information content (AvgIpc) is 2.21. The summed E-state index contributed by atoms with van der Waals surface area (Å²) in [5.74, 6) is 5.44. The Morgan fingerprint density at radius 3 is 2.13 bits per heavy atom. The number of hydrazine groups is 1. The maximum absolute atomic E-state index is 5.44. The fraction of sp³-hybridized carbons (Fsp3) is 0.846. The third-order valence-corrected chi connectivity index (χ3v) is 2.89. The minimum atomic E-state index is 0.306. The Bertz CT molecular complexity index is 155. The molecule has 2 heteroatoms. The SMILES string of the molecule is C=C(C)C(CCCCCCCCC)NN. The number of nitrogens with two attached hydrogens (primary N) is 1. The lowest BCUT2D eigenvalue weighted by molar-refractivity contribution is 0.503. The lowest BCUT2D eigenvalue weighted by Gasteiger charge is -2.15. The van der Waals surface area contributed by atoms with E-state index in [4.69, 9.17) is 5.84 Å². The van der Waals surface area contributed by atoms with Crippen LogP contribution in [0.5, 0.6) is 0 Å². The Morgan fingerprint density at radius 1 is 1.13 bits per heavy atom. The molecule has 0 bridgehead atoms. The Kier molecular flexibility index (Phi) is 9.96. The summed E-state index contributed by atoms with van der Waals surface area (Å²) >= 11 is 0. The van der Waals surface area contributed by atoms with Gasteiger partial charge in [-0.3, -0.25) is 11.3 Å². The first-order valence-electron chi connectivity index (χ1n) is 6.33. The highest BCUT2D eigenvalue weighted by Crippen LogP contribution is 2.11. The average molecular weight is 212 g/mol. The monoisotopic (exact) mass is 212 g/mol. The molecule has 0 amide bonds. The molecule has 0 saturated carbocycles. The van der Waals surface area contributed by atoms with Gasteiger partial charge in [-0.05, 0) is 13.3 Å². The van der Waals surface area contributed by atoms with Gasteiger partial charge >= 0.3 is 0 Å². The topological polar surface area (TPSA) is 38.0 Å². The second-order valence-electron chi connectivity index (χ2n) is 4.48. The van der Waals surface area contributed by atoms with Crippen LogP contribution in [0.25, 0.3) is 0 Å². The minimum absolute atomic E-state index is 0.306. The Morgan fingerprint density at radius 2 is 1.67 bits per heavy atom. The highest BCUT2D eigenvalue weighted by atomic mass is 15.2. The Labute approximate surface area is 95.3 Å². The van der Waals surface area contributed by atoms with Crippen molar-refractivity contribution in [2.45, 2.75) is 71.3 Å². The van der Waals surface area contributed by atoms with Gasteiger partial charge in [0.25, 0.3) is 0 Å². The van der Waals surface area contributed by atoms with Crippen LogP contribution in [0.1, 0.15) is 65.2 Å². The van der Waals surface area contributed by atoms with Crippen LogP contribution in [0, 0.1) is 0 Å². The van der Waals surface area contributed by atoms with Crippen LogP contribution in [0.3, 0.4) is 0 Å². The number of hydrogen-bond acceptors (Lipinski definition) is 2. The highest BCUT2D eigenvalue weighted by molar-refractivity contribution is 5.00. The molecule has 90 valence electrons. The molecule has 1 atom stereocenters.